The molecule has 0 radical (unpaired) electrons. The van der Waals surface area contributed by atoms with Gasteiger partial charge in [0.1, 0.15) is 11.7 Å². The van der Waals surface area contributed by atoms with Crippen molar-refractivity contribution < 1.29 is 23.1 Å². The van der Waals surface area contributed by atoms with Gasteiger partial charge in [-0.1, -0.05) is 13.2 Å². The Morgan fingerprint density at radius 1 is 1.38 bits per heavy atom. The van der Waals surface area contributed by atoms with E-state index in [9.17, 15) is 18.4 Å². The molecule has 1 N–H and O–H groups in total. The molecule has 0 heterocycles. The molecule has 0 bridgehead atoms. The van der Waals surface area contributed by atoms with E-state index in [1.807, 2.05) is 5.32 Å². The second-order valence-electron chi connectivity index (χ2n) is 2.59. The summed E-state index contributed by atoms with van der Waals surface area (Å²) in [6.07, 6.45) is 0.424. The Kier molecular flexibility index (Phi) is 5.69. The van der Waals surface area contributed by atoms with E-state index in [2.05, 4.69) is 17.9 Å². The van der Waals surface area contributed by atoms with Crippen molar-refractivity contribution >= 4 is 11.9 Å². The molecular formula is C10H11F2NO3. The minimum atomic E-state index is -1.18. The van der Waals surface area contributed by atoms with Crippen molar-refractivity contribution in [1.82, 2.24) is 5.32 Å². The minimum absolute atomic E-state index is 0.0122. The van der Waals surface area contributed by atoms with Crippen LogP contribution in [0.3, 0.4) is 0 Å². The maximum Gasteiger partial charge on any atom is 0.397 e. The van der Waals surface area contributed by atoms with Crippen LogP contribution < -0.4 is 5.32 Å². The molecule has 0 unspecified atom stereocenters. The lowest BCUT2D eigenvalue weighted by Gasteiger charge is -2.05. The van der Waals surface area contributed by atoms with Crippen LogP contribution in [0.1, 0.15) is 6.92 Å². The molecule has 0 spiro atoms. The summed E-state index contributed by atoms with van der Waals surface area (Å²) in [6, 6.07) is 0. The van der Waals surface area contributed by atoms with Gasteiger partial charge in [0.05, 0.1) is 12.3 Å². The summed E-state index contributed by atoms with van der Waals surface area (Å²) >= 11 is 0. The topological polar surface area (TPSA) is 55.4 Å². The molecule has 1 amide bonds. The summed E-state index contributed by atoms with van der Waals surface area (Å²) in [4.78, 5) is 21.8. The average molecular weight is 231 g/mol. The van der Waals surface area contributed by atoms with Gasteiger partial charge in [0.2, 0.25) is 0 Å². The minimum Gasteiger partial charge on any atom is -0.459 e. The van der Waals surface area contributed by atoms with Crippen LogP contribution >= 0.6 is 0 Å². The lowest BCUT2D eigenvalue weighted by Crippen LogP contribution is -2.31. The third-order valence-electron chi connectivity index (χ3n) is 1.30. The number of allylic oxidation sites excluding steroid dienone is 3. The zero-order valence-corrected chi connectivity index (χ0v) is 8.68. The third kappa shape index (κ3) is 5.04. The Labute approximate surface area is 91.3 Å². The molecule has 0 saturated heterocycles. The van der Waals surface area contributed by atoms with Gasteiger partial charge in [-0.25, -0.2) is 13.6 Å². The van der Waals surface area contributed by atoms with E-state index in [1.165, 1.54) is 6.92 Å². The first-order valence-electron chi connectivity index (χ1n) is 4.27. The van der Waals surface area contributed by atoms with Crippen LogP contribution in [0.4, 0.5) is 8.78 Å². The summed E-state index contributed by atoms with van der Waals surface area (Å²) in [5.41, 5.74) is -0.545. The predicted octanol–water partition coefficient (Wildman–Crippen LogP) is 1.52. The number of esters is 1. The first-order chi connectivity index (χ1) is 7.38. The number of ether oxygens (including phenoxy) is 1. The zero-order valence-electron chi connectivity index (χ0n) is 8.68. The van der Waals surface area contributed by atoms with Gasteiger partial charge in [-0.15, -0.1) is 0 Å². The van der Waals surface area contributed by atoms with E-state index in [4.69, 9.17) is 0 Å². The summed E-state index contributed by atoms with van der Waals surface area (Å²) in [7, 11) is 0. The van der Waals surface area contributed by atoms with Crippen LogP contribution in [0.15, 0.2) is 36.6 Å². The van der Waals surface area contributed by atoms with Gasteiger partial charge in [0.15, 0.2) is 0 Å². The molecule has 0 aromatic carbocycles. The Hall–Kier alpha value is -1.98. The molecule has 0 fully saturated rings. The van der Waals surface area contributed by atoms with Crippen LogP contribution in [-0.4, -0.2) is 18.5 Å². The fraction of sp³-hybridized carbons (Fsp3) is 0.200. The molecule has 0 aromatic rings. The smallest absolute Gasteiger partial charge is 0.397 e. The van der Waals surface area contributed by atoms with Gasteiger partial charge in [-0.2, -0.15) is 0 Å². The standard InChI is InChI=1S/C10H11F2NO3/c1-4-16-10(15)9(14)13-7(3)8(12)5-6(2)11/h5H,2-4H2,1H3,(H,13,14)/b8-5+. The van der Waals surface area contributed by atoms with Gasteiger partial charge < -0.3 is 10.1 Å². The van der Waals surface area contributed by atoms with Gasteiger partial charge >= 0.3 is 11.9 Å². The fourth-order valence-corrected chi connectivity index (χ4v) is 0.669. The molecule has 16 heavy (non-hydrogen) atoms. The Morgan fingerprint density at radius 3 is 2.38 bits per heavy atom. The van der Waals surface area contributed by atoms with E-state index in [-0.39, 0.29) is 6.61 Å². The number of hydrogen-bond acceptors (Lipinski definition) is 3. The SMILES string of the molecule is C=C(F)/C=C(/F)C(=C)NC(=O)C(=O)OCC. The number of carbonyl (C=O) groups is 2. The fourth-order valence-electron chi connectivity index (χ4n) is 0.669. The van der Waals surface area contributed by atoms with Crippen molar-refractivity contribution in [2.45, 2.75) is 6.92 Å². The normalized spacial score (nSPS) is 10.6. The summed E-state index contributed by atoms with van der Waals surface area (Å²) < 4.78 is 29.5. The van der Waals surface area contributed by atoms with Crippen LogP contribution in [0, 0.1) is 0 Å². The maximum atomic E-state index is 13.0. The third-order valence-corrected chi connectivity index (χ3v) is 1.30. The highest BCUT2D eigenvalue weighted by molar-refractivity contribution is 6.32. The van der Waals surface area contributed by atoms with Gasteiger partial charge in [-0.3, -0.25) is 4.79 Å². The lowest BCUT2D eigenvalue weighted by molar-refractivity contribution is -0.154. The monoisotopic (exact) mass is 231 g/mol. The molecule has 0 aliphatic heterocycles. The highest BCUT2D eigenvalue weighted by Crippen LogP contribution is 2.09. The summed E-state index contributed by atoms with van der Waals surface area (Å²) in [5, 5.41) is 1.81. The zero-order chi connectivity index (χ0) is 12.7. The van der Waals surface area contributed by atoms with Gasteiger partial charge in [0.25, 0.3) is 0 Å². The van der Waals surface area contributed by atoms with E-state index in [0.29, 0.717) is 6.08 Å². The van der Waals surface area contributed by atoms with Crippen LogP contribution in [-0.2, 0) is 14.3 Å². The van der Waals surface area contributed by atoms with Crippen LogP contribution in [0.5, 0.6) is 0 Å². The van der Waals surface area contributed by atoms with Gasteiger partial charge in [-0.05, 0) is 6.92 Å². The molecule has 0 aliphatic carbocycles. The van der Waals surface area contributed by atoms with E-state index < -0.39 is 29.2 Å². The van der Waals surface area contributed by atoms with Crippen molar-refractivity contribution in [2.75, 3.05) is 6.61 Å². The first kappa shape index (κ1) is 14.0. The highest BCUT2D eigenvalue weighted by Gasteiger charge is 2.16. The number of rotatable bonds is 4. The number of amides is 1. The maximum absolute atomic E-state index is 13.0. The van der Waals surface area contributed by atoms with Crippen molar-refractivity contribution in [3.63, 3.8) is 0 Å². The number of carbonyl (C=O) groups excluding carboxylic acids is 2. The van der Waals surface area contributed by atoms with Crippen LogP contribution in [0.2, 0.25) is 0 Å². The molecule has 88 valence electrons. The summed E-state index contributed by atoms with van der Waals surface area (Å²) in [6.45, 7) is 7.41. The Morgan fingerprint density at radius 2 is 1.94 bits per heavy atom. The van der Waals surface area contributed by atoms with Crippen molar-refractivity contribution in [3.05, 3.63) is 36.6 Å². The Bertz CT molecular complexity index is 361. The highest BCUT2D eigenvalue weighted by atomic mass is 19.1. The van der Waals surface area contributed by atoms with E-state index >= 15 is 0 Å². The Balaban J connectivity index is 4.41. The molecule has 0 saturated carbocycles. The molecule has 0 rings (SSSR count). The summed E-state index contributed by atoms with van der Waals surface area (Å²) in [5.74, 6) is -4.52. The predicted molar refractivity (Wildman–Crippen MR) is 53.4 cm³/mol. The first-order valence-corrected chi connectivity index (χ1v) is 4.27. The molecule has 0 atom stereocenters. The molecule has 6 heteroatoms. The molecule has 0 aliphatic rings. The van der Waals surface area contributed by atoms with Crippen molar-refractivity contribution in [3.8, 4) is 0 Å². The number of hydrogen-bond donors (Lipinski definition) is 1. The number of nitrogens with one attached hydrogen (secondary N) is 1. The molecule has 0 aromatic heterocycles. The van der Waals surface area contributed by atoms with Crippen molar-refractivity contribution in [2.24, 2.45) is 0 Å². The number of halogens is 2. The average Bonchev–Trinajstić information content (AvgIpc) is 2.16. The second kappa shape index (κ2) is 6.49. The van der Waals surface area contributed by atoms with E-state index in [1.54, 1.807) is 0 Å². The molecule has 4 nitrogen and oxygen atoms in total. The quantitative estimate of drug-likeness (QED) is 0.453. The second-order valence-corrected chi connectivity index (χ2v) is 2.59. The largest absolute Gasteiger partial charge is 0.459 e. The van der Waals surface area contributed by atoms with Crippen molar-refractivity contribution in [1.29, 1.82) is 0 Å². The molecular weight excluding hydrogens is 220 g/mol. The lowest BCUT2D eigenvalue weighted by atomic mass is 10.3. The van der Waals surface area contributed by atoms with E-state index in [0.717, 1.165) is 0 Å². The van der Waals surface area contributed by atoms with Crippen LogP contribution in [0.25, 0.3) is 0 Å². The van der Waals surface area contributed by atoms with Gasteiger partial charge in [0, 0.05) is 6.08 Å².